The van der Waals surface area contributed by atoms with Crippen molar-refractivity contribution in [1.82, 2.24) is 9.88 Å². The summed E-state index contributed by atoms with van der Waals surface area (Å²) in [5.74, 6) is 0.500. The standard InChI is InChI=1S/C28H22ClN3O3S2/c1-35-21-10-8-20(9-11-21)32-27(34)24(26(33)30-28(32)36)16-18-17-31(25-5-3-2-4-23(18)25)14-15-37-22-12-6-19(29)7-13-22/h2-13,16-17H,14-15H2,1H3,(H,30,33,36)/b24-16+. The van der Waals surface area contributed by atoms with Gasteiger partial charge < -0.3 is 9.30 Å². The van der Waals surface area contributed by atoms with Gasteiger partial charge in [-0.05, 0) is 72.9 Å². The summed E-state index contributed by atoms with van der Waals surface area (Å²) in [6.45, 7) is 0.749. The van der Waals surface area contributed by atoms with E-state index in [2.05, 4.69) is 9.88 Å². The molecule has 186 valence electrons. The van der Waals surface area contributed by atoms with Crippen LogP contribution in [0.3, 0.4) is 0 Å². The van der Waals surface area contributed by atoms with Crippen LogP contribution in [0.15, 0.2) is 89.5 Å². The SMILES string of the molecule is COc1ccc(N2C(=O)/C(=C/c3cn(CCSc4ccc(Cl)cc4)c4ccccc34)C(=O)NC2=S)cc1. The number of halogens is 1. The number of carbonyl (C=O) groups excluding carboxylic acids is 2. The van der Waals surface area contributed by atoms with Crippen LogP contribution in [0.5, 0.6) is 5.75 Å². The van der Waals surface area contributed by atoms with Gasteiger partial charge in [-0.2, -0.15) is 0 Å². The number of benzene rings is 3. The number of para-hydroxylation sites is 1. The number of hydrogen-bond acceptors (Lipinski definition) is 5. The Morgan fingerprint density at radius 2 is 1.76 bits per heavy atom. The van der Waals surface area contributed by atoms with Gasteiger partial charge in [-0.25, -0.2) is 0 Å². The minimum absolute atomic E-state index is 0.0165. The first-order valence-corrected chi connectivity index (χ1v) is 13.2. The van der Waals surface area contributed by atoms with Crippen molar-refractivity contribution in [3.8, 4) is 5.75 Å². The van der Waals surface area contributed by atoms with Crippen molar-refractivity contribution >= 4 is 75.2 Å². The third-order valence-electron chi connectivity index (χ3n) is 5.97. The molecule has 9 heteroatoms. The molecule has 0 aliphatic carbocycles. The fourth-order valence-corrected chi connectivity index (χ4v) is 5.41. The van der Waals surface area contributed by atoms with Gasteiger partial charge in [-0.15, -0.1) is 11.8 Å². The highest BCUT2D eigenvalue weighted by Crippen LogP contribution is 2.28. The van der Waals surface area contributed by atoms with E-state index in [0.717, 1.165) is 33.7 Å². The molecule has 0 spiro atoms. The molecule has 2 amide bonds. The van der Waals surface area contributed by atoms with Crippen LogP contribution < -0.4 is 15.0 Å². The number of fused-ring (bicyclic) bond motifs is 1. The fourth-order valence-electron chi connectivity index (χ4n) is 4.15. The van der Waals surface area contributed by atoms with E-state index >= 15 is 0 Å². The van der Waals surface area contributed by atoms with Crippen molar-refractivity contribution < 1.29 is 14.3 Å². The maximum absolute atomic E-state index is 13.5. The van der Waals surface area contributed by atoms with Crippen LogP contribution in [0.25, 0.3) is 17.0 Å². The molecule has 0 bridgehead atoms. The molecule has 1 aliphatic rings. The number of thioether (sulfide) groups is 1. The quantitative estimate of drug-likeness (QED) is 0.134. The molecule has 0 unspecified atom stereocenters. The van der Waals surface area contributed by atoms with E-state index in [-0.39, 0.29) is 10.7 Å². The molecule has 5 rings (SSSR count). The number of nitrogens with one attached hydrogen (secondary N) is 1. The Labute approximate surface area is 228 Å². The smallest absolute Gasteiger partial charge is 0.270 e. The number of hydrogen-bond donors (Lipinski definition) is 1. The second-order valence-corrected chi connectivity index (χ2v) is 10.2. The van der Waals surface area contributed by atoms with Crippen molar-refractivity contribution in [2.45, 2.75) is 11.4 Å². The van der Waals surface area contributed by atoms with Crippen LogP contribution in [0, 0.1) is 0 Å². The summed E-state index contributed by atoms with van der Waals surface area (Å²) >= 11 is 13.0. The van der Waals surface area contributed by atoms with E-state index in [1.54, 1.807) is 49.2 Å². The number of methoxy groups -OCH3 is 1. The predicted molar refractivity (Wildman–Crippen MR) is 153 cm³/mol. The van der Waals surface area contributed by atoms with Gasteiger partial charge in [0.25, 0.3) is 11.8 Å². The molecule has 1 aliphatic heterocycles. The Morgan fingerprint density at radius 3 is 2.49 bits per heavy atom. The molecular weight excluding hydrogens is 526 g/mol. The van der Waals surface area contributed by atoms with Gasteiger partial charge in [-0.3, -0.25) is 19.8 Å². The second-order valence-electron chi connectivity index (χ2n) is 8.25. The number of anilines is 1. The molecule has 0 atom stereocenters. The Morgan fingerprint density at radius 1 is 1.03 bits per heavy atom. The summed E-state index contributed by atoms with van der Waals surface area (Å²) in [4.78, 5) is 28.8. The van der Waals surface area contributed by atoms with Crippen molar-refractivity contribution in [3.63, 3.8) is 0 Å². The third kappa shape index (κ3) is 5.27. The monoisotopic (exact) mass is 547 g/mol. The van der Waals surface area contributed by atoms with Gasteiger partial charge >= 0.3 is 0 Å². The molecule has 2 heterocycles. The van der Waals surface area contributed by atoms with E-state index in [9.17, 15) is 9.59 Å². The normalized spacial score (nSPS) is 14.9. The summed E-state index contributed by atoms with van der Waals surface area (Å²) in [5, 5.41) is 4.36. The number of amides is 2. The van der Waals surface area contributed by atoms with Crippen LogP contribution in [0.1, 0.15) is 5.56 Å². The number of thiocarbonyl (C=S) groups is 1. The van der Waals surface area contributed by atoms with Crippen LogP contribution in [0.2, 0.25) is 5.02 Å². The first kappa shape index (κ1) is 25.1. The minimum Gasteiger partial charge on any atom is -0.497 e. The van der Waals surface area contributed by atoms with Crippen LogP contribution in [-0.2, 0) is 16.1 Å². The van der Waals surface area contributed by atoms with Crippen molar-refractivity contribution in [3.05, 3.63) is 95.2 Å². The molecule has 1 aromatic heterocycles. The van der Waals surface area contributed by atoms with Crippen molar-refractivity contribution in [2.75, 3.05) is 17.8 Å². The topological polar surface area (TPSA) is 63.6 Å². The number of rotatable bonds is 7. The largest absolute Gasteiger partial charge is 0.497 e. The summed E-state index contributed by atoms with van der Waals surface area (Å²) in [7, 11) is 1.57. The molecule has 1 fully saturated rings. The highest BCUT2D eigenvalue weighted by atomic mass is 35.5. The zero-order valence-electron chi connectivity index (χ0n) is 19.8. The van der Waals surface area contributed by atoms with E-state index in [0.29, 0.717) is 16.5 Å². The molecule has 6 nitrogen and oxygen atoms in total. The first-order chi connectivity index (χ1) is 17.9. The average Bonchev–Trinajstić information content (AvgIpc) is 3.25. The van der Waals surface area contributed by atoms with Gasteiger partial charge in [0.05, 0.1) is 12.8 Å². The van der Waals surface area contributed by atoms with E-state index in [1.165, 1.54) is 4.90 Å². The lowest BCUT2D eigenvalue weighted by atomic mass is 10.1. The maximum atomic E-state index is 13.5. The molecule has 4 aromatic rings. The number of aromatic nitrogens is 1. The lowest BCUT2D eigenvalue weighted by Gasteiger charge is -2.29. The maximum Gasteiger partial charge on any atom is 0.270 e. The zero-order valence-corrected chi connectivity index (χ0v) is 22.2. The molecule has 3 aromatic carbocycles. The summed E-state index contributed by atoms with van der Waals surface area (Å²) in [5.41, 5.74) is 2.37. The molecule has 37 heavy (non-hydrogen) atoms. The molecular formula is C28H22ClN3O3S2. The lowest BCUT2D eigenvalue weighted by Crippen LogP contribution is -2.54. The summed E-state index contributed by atoms with van der Waals surface area (Å²) < 4.78 is 7.34. The van der Waals surface area contributed by atoms with Crippen LogP contribution >= 0.6 is 35.6 Å². The Bertz CT molecular complexity index is 1530. The number of aryl methyl sites for hydroxylation is 1. The number of nitrogens with zero attached hydrogens (tertiary/aromatic N) is 2. The molecule has 1 N–H and O–H groups in total. The van der Waals surface area contributed by atoms with E-state index in [4.69, 9.17) is 28.6 Å². The van der Waals surface area contributed by atoms with Crippen LogP contribution in [0.4, 0.5) is 5.69 Å². The Kier molecular flexibility index (Phi) is 7.32. The number of ether oxygens (including phenoxy) is 1. The van der Waals surface area contributed by atoms with Gasteiger partial charge in [0.15, 0.2) is 5.11 Å². The fraction of sp³-hybridized carbons (Fsp3) is 0.107. The lowest BCUT2D eigenvalue weighted by molar-refractivity contribution is -0.122. The van der Waals surface area contributed by atoms with Gasteiger partial charge in [0, 0.05) is 44.9 Å². The molecule has 1 saturated heterocycles. The summed E-state index contributed by atoms with van der Waals surface area (Å²) in [6, 6.07) is 22.6. The third-order valence-corrected chi connectivity index (χ3v) is 7.49. The zero-order chi connectivity index (χ0) is 25.9. The van der Waals surface area contributed by atoms with Crippen LogP contribution in [-0.4, -0.2) is 34.4 Å². The predicted octanol–water partition coefficient (Wildman–Crippen LogP) is 5.93. The minimum atomic E-state index is -0.519. The van der Waals surface area contributed by atoms with Gasteiger partial charge in [0.1, 0.15) is 11.3 Å². The Hall–Kier alpha value is -3.59. The molecule has 0 radical (unpaired) electrons. The number of carbonyl (C=O) groups is 2. The van der Waals surface area contributed by atoms with Gasteiger partial charge in [0.2, 0.25) is 0 Å². The average molecular weight is 548 g/mol. The van der Waals surface area contributed by atoms with E-state index in [1.807, 2.05) is 54.7 Å². The van der Waals surface area contributed by atoms with E-state index < -0.39 is 11.8 Å². The first-order valence-electron chi connectivity index (χ1n) is 11.5. The highest BCUT2D eigenvalue weighted by Gasteiger charge is 2.34. The Balaban J connectivity index is 1.43. The van der Waals surface area contributed by atoms with Crippen molar-refractivity contribution in [1.29, 1.82) is 0 Å². The summed E-state index contributed by atoms with van der Waals surface area (Å²) in [6.07, 6.45) is 3.62. The van der Waals surface area contributed by atoms with Gasteiger partial charge in [-0.1, -0.05) is 29.8 Å². The van der Waals surface area contributed by atoms with Crippen molar-refractivity contribution in [2.24, 2.45) is 0 Å². The second kappa shape index (κ2) is 10.8. The highest BCUT2D eigenvalue weighted by molar-refractivity contribution is 7.99. The molecule has 0 saturated carbocycles.